The first-order valence-corrected chi connectivity index (χ1v) is 7.90. The number of piperidine rings is 1. The van der Waals surface area contributed by atoms with E-state index in [1.165, 1.54) is 58.0 Å². The van der Waals surface area contributed by atoms with Crippen molar-refractivity contribution in [2.75, 3.05) is 13.1 Å². The lowest BCUT2D eigenvalue weighted by molar-refractivity contribution is -0.118. The van der Waals surface area contributed by atoms with Gasteiger partial charge in [0.1, 0.15) is 5.78 Å². The standard InChI is InChI=1S/C16H31NO/c1-4-6-9-15(5-2)13-17-11-8-7-10-16(17)12-14(3)18/h15-16H,4-13H2,1-3H3. The van der Waals surface area contributed by atoms with Gasteiger partial charge in [-0.2, -0.15) is 0 Å². The Kier molecular flexibility index (Phi) is 7.57. The van der Waals surface area contributed by atoms with Crippen LogP contribution in [0, 0.1) is 5.92 Å². The summed E-state index contributed by atoms with van der Waals surface area (Å²) in [6.45, 7) is 8.74. The third-order valence-electron chi connectivity index (χ3n) is 4.31. The van der Waals surface area contributed by atoms with Crippen LogP contribution in [0.3, 0.4) is 0 Å². The topological polar surface area (TPSA) is 20.3 Å². The van der Waals surface area contributed by atoms with Gasteiger partial charge in [-0.3, -0.25) is 9.69 Å². The number of hydrogen-bond acceptors (Lipinski definition) is 2. The minimum Gasteiger partial charge on any atom is -0.300 e. The van der Waals surface area contributed by atoms with Crippen LogP contribution in [0.1, 0.15) is 72.1 Å². The maximum Gasteiger partial charge on any atom is 0.131 e. The van der Waals surface area contributed by atoms with E-state index in [-0.39, 0.29) is 0 Å². The van der Waals surface area contributed by atoms with Crippen molar-refractivity contribution in [1.82, 2.24) is 4.90 Å². The predicted octanol–water partition coefficient (Wildman–Crippen LogP) is 4.04. The summed E-state index contributed by atoms with van der Waals surface area (Å²) >= 11 is 0. The van der Waals surface area contributed by atoms with Crippen LogP contribution in [0.2, 0.25) is 0 Å². The van der Waals surface area contributed by atoms with E-state index in [9.17, 15) is 4.79 Å². The lowest BCUT2D eigenvalue weighted by Gasteiger charge is -2.37. The zero-order valence-corrected chi connectivity index (χ0v) is 12.6. The fourth-order valence-electron chi connectivity index (χ4n) is 3.11. The molecule has 2 heteroatoms. The molecule has 2 atom stereocenters. The fourth-order valence-corrected chi connectivity index (χ4v) is 3.11. The zero-order valence-electron chi connectivity index (χ0n) is 12.6. The Balaban J connectivity index is 2.46. The first kappa shape index (κ1) is 15.7. The molecule has 1 fully saturated rings. The normalized spacial score (nSPS) is 22.9. The highest BCUT2D eigenvalue weighted by molar-refractivity contribution is 5.76. The molecule has 2 nitrogen and oxygen atoms in total. The van der Waals surface area contributed by atoms with Gasteiger partial charge in [0.25, 0.3) is 0 Å². The van der Waals surface area contributed by atoms with E-state index in [4.69, 9.17) is 0 Å². The summed E-state index contributed by atoms with van der Waals surface area (Å²) < 4.78 is 0. The van der Waals surface area contributed by atoms with E-state index in [1.54, 1.807) is 6.92 Å². The van der Waals surface area contributed by atoms with Crippen molar-refractivity contribution in [2.45, 2.75) is 78.2 Å². The van der Waals surface area contributed by atoms with Gasteiger partial charge >= 0.3 is 0 Å². The largest absolute Gasteiger partial charge is 0.300 e. The van der Waals surface area contributed by atoms with E-state index >= 15 is 0 Å². The van der Waals surface area contributed by atoms with Crippen LogP contribution in [-0.4, -0.2) is 29.8 Å². The van der Waals surface area contributed by atoms with Crippen LogP contribution in [0.15, 0.2) is 0 Å². The molecule has 1 saturated heterocycles. The lowest BCUT2D eigenvalue weighted by atomic mass is 9.93. The smallest absolute Gasteiger partial charge is 0.131 e. The summed E-state index contributed by atoms with van der Waals surface area (Å²) in [5.74, 6) is 1.19. The molecular weight excluding hydrogens is 222 g/mol. The number of rotatable bonds is 8. The highest BCUT2D eigenvalue weighted by Gasteiger charge is 2.25. The fraction of sp³-hybridized carbons (Fsp3) is 0.938. The molecule has 0 aliphatic carbocycles. The van der Waals surface area contributed by atoms with Gasteiger partial charge in [-0.25, -0.2) is 0 Å². The first-order chi connectivity index (χ1) is 8.67. The molecule has 2 unspecified atom stereocenters. The molecular formula is C16H31NO. The third kappa shape index (κ3) is 5.51. The molecule has 1 aliphatic heterocycles. The monoisotopic (exact) mass is 253 g/mol. The van der Waals surface area contributed by atoms with Crippen LogP contribution in [0.5, 0.6) is 0 Å². The minimum atomic E-state index is 0.355. The molecule has 0 aromatic carbocycles. The van der Waals surface area contributed by atoms with E-state index in [0.717, 1.165) is 12.3 Å². The summed E-state index contributed by atoms with van der Waals surface area (Å²) in [7, 11) is 0. The van der Waals surface area contributed by atoms with Gasteiger partial charge in [0.15, 0.2) is 0 Å². The van der Waals surface area contributed by atoms with Crippen molar-refractivity contribution in [3.05, 3.63) is 0 Å². The lowest BCUT2D eigenvalue weighted by Crippen LogP contribution is -2.43. The van der Waals surface area contributed by atoms with Crippen molar-refractivity contribution < 1.29 is 4.79 Å². The second kappa shape index (κ2) is 8.68. The van der Waals surface area contributed by atoms with E-state index in [0.29, 0.717) is 11.8 Å². The van der Waals surface area contributed by atoms with E-state index in [2.05, 4.69) is 18.7 Å². The molecule has 0 radical (unpaired) electrons. The molecule has 0 amide bonds. The molecule has 0 spiro atoms. The molecule has 106 valence electrons. The number of unbranched alkanes of at least 4 members (excludes halogenated alkanes) is 1. The summed E-state index contributed by atoms with van der Waals surface area (Å²) in [5.41, 5.74) is 0. The second-order valence-corrected chi connectivity index (χ2v) is 5.97. The first-order valence-electron chi connectivity index (χ1n) is 7.90. The number of ketones is 1. The van der Waals surface area contributed by atoms with Gasteiger partial charge in [-0.05, 0) is 38.6 Å². The Bertz CT molecular complexity index is 239. The van der Waals surface area contributed by atoms with Crippen LogP contribution in [0.4, 0.5) is 0 Å². The Morgan fingerprint density at radius 3 is 2.72 bits per heavy atom. The number of hydrogen-bond donors (Lipinski definition) is 0. The second-order valence-electron chi connectivity index (χ2n) is 5.97. The molecule has 0 aromatic rings. The Labute approximate surface area is 113 Å². The van der Waals surface area contributed by atoms with Gasteiger partial charge in [0.2, 0.25) is 0 Å². The SMILES string of the molecule is CCCCC(CC)CN1CCCCC1CC(C)=O. The molecule has 1 aliphatic rings. The van der Waals surface area contributed by atoms with Gasteiger partial charge in [0, 0.05) is 19.0 Å². The van der Waals surface area contributed by atoms with Gasteiger partial charge in [0.05, 0.1) is 0 Å². The minimum absolute atomic E-state index is 0.355. The molecule has 0 saturated carbocycles. The molecule has 0 N–H and O–H groups in total. The number of carbonyl (C=O) groups is 1. The number of nitrogens with zero attached hydrogens (tertiary/aromatic N) is 1. The van der Waals surface area contributed by atoms with Crippen LogP contribution >= 0.6 is 0 Å². The number of Topliss-reactive ketones (excluding diaryl/α,β-unsaturated/α-hetero) is 1. The van der Waals surface area contributed by atoms with Gasteiger partial charge in [-0.15, -0.1) is 0 Å². The molecule has 0 bridgehead atoms. The number of carbonyl (C=O) groups excluding carboxylic acids is 1. The predicted molar refractivity (Wildman–Crippen MR) is 77.8 cm³/mol. The van der Waals surface area contributed by atoms with Crippen molar-refractivity contribution in [1.29, 1.82) is 0 Å². The molecule has 1 rings (SSSR count). The highest BCUT2D eigenvalue weighted by atomic mass is 16.1. The quantitative estimate of drug-likeness (QED) is 0.651. The highest BCUT2D eigenvalue weighted by Crippen LogP contribution is 2.23. The Morgan fingerprint density at radius 2 is 2.11 bits per heavy atom. The molecule has 0 aromatic heterocycles. The van der Waals surface area contributed by atoms with Crippen molar-refractivity contribution in [3.63, 3.8) is 0 Å². The average Bonchev–Trinajstić information content (AvgIpc) is 2.35. The van der Waals surface area contributed by atoms with Crippen molar-refractivity contribution in [3.8, 4) is 0 Å². The maximum absolute atomic E-state index is 11.4. The Morgan fingerprint density at radius 1 is 1.33 bits per heavy atom. The summed E-state index contributed by atoms with van der Waals surface area (Å²) in [5, 5.41) is 0. The van der Waals surface area contributed by atoms with Crippen molar-refractivity contribution >= 4 is 5.78 Å². The van der Waals surface area contributed by atoms with Crippen LogP contribution in [-0.2, 0) is 4.79 Å². The zero-order chi connectivity index (χ0) is 13.4. The third-order valence-corrected chi connectivity index (χ3v) is 4.31. The summed E-state index contributed by atoms with van der Waals surface area (Å²) in [6.07, 6.45) is 9.91. The van der Waals surface area contributed by atoms with E-state index in [1.807, 2.05) is 0 Å². The molecule has 18 heavy (non-hydrogen) atoms. The van der Waals surface area contributed by atoms with E-state index < -0.39 is 0 Å². The van der Waals surface area contributed by atoms with Gasteiger partial charge in [-0.1, -0.05) is 39.5 Å². The van der Waals surface area contributed by atoms with Gasteiger partial charge < -0.3 is 0 Å². The summed E-state index contributed by atoms with van der Waals surface area (Å²) in [6, 6.07) is 0.534. The average molecular weight is 253 g/mol. The summed E-state index contributed by atoms with van der Waals surface area (Å²) in [4.78, 5) is 14.0. The Hall–Kier alpha value is -0.370. The number of likely N-dealkylation sites (tertiary alicyclic amines) is 1. The molecule has 1 heterocycles. The van der Waals surface area contributed by atoms with Crippen molar-refractivity contribution in [2.24, 2.45) is 5.92 Å². The maximum atomic E-state index is 11.4. The van der Waals surface area contributed by atoms with Crippen LogP contribution < -0.4 is 0 Å². The van der Waals surface area contributed by atoms with Crippen LogP contribution in [0.25, 0.3) is 0 Å².